The van der Waals surface area contributed by atoms with Crippen LogP contribution in [0.2, 0.25) is 0 Å². The fourth-order valence-corrected chi connectivity index (χ4v) is 4.22. The Labute approximate surface area is 197 Å². The van der Waals surface area contributed by atoms with Gasteiger partial charge in [0, 0.05) is 6.07 Å². The number of hydrogen-bond donors (Lipinski definition) is 2. The topological polar surface area (TPSA) is 118 Å². The highest BCUT2D eigenvalue weighted by atomic mass is 32.2. The van der Waals surface area contributed by atoms with E-state index in [9.17, 15) is 14.4 Å². The van der Waals surface area contributed by atoms with E-state index < -0.39 is 17.8 Å². The first kappa shape index (κ1) is 21.5. The van der Waals surface area contributed by atoms with Gasteiger partial charge in [-0.1, -0.05) is 18.2 Å². The number of aromatic nitrogens is 2. The van der Waals surface area contributed by atoms with Crippen LogP contribution in [-0.2, 0) is 9.59 Å². The monoisotopic (exact) mass is 474 g/mol. The maximum Gasteiger partial charge on any atom is 0.335 e. The minimum Gasteiger partial charge on any atom is -0.494 e. The van der Waals surface area contributed by atoms with E-state index >= 15 is 0 Å². The van der Waals surface area contributed by atoms with Crippen LogP contribution in [0, 0.1) is 0 Å². The highest BCUT2D eigenvalue weighted by Crippen LogP contribution is 2.30. The third kappa shape index (κ3) is 4.18. The number of H-pyrrole nitrogens is 1. The maximum atomic E-state index is 13.1. The van der Waals surface area contributed by atoms with E-state index in [1.54, 1.807) is 36.4 Å². The molecule has 0 radical (unpaired) electrons. The second-order valence-electron chi connectivity index (χ2n) is 7.21. The number of carbonyl (C=O) groups excluding carboxylic acids is 3. The molecule has 34 heavy (non-hydrogen) atoms. The Morgan fingerprint density at radius 1 is 1.09 bits per heavy atom. The first-order chi connectivity index (χ1) is 16.5. The van der Waals surface area contributed by atoms with E-state index in [2.05, 4.69) is 15.3 Å². The minimum absolute atomic E-state index is 0.226. The van der Waals surface area contributed by atoms with E-state index in [4.69, 9.17) is 9.15 Å². The van der Waals surface area contributed by atoms with E-state index in [-0.39, 0.29) is 17.0 Å². The Kier molecular flexibility index (Phi) is 5.64. The predicted molar refractivity (Wildman–Crippen MR) is 126 cm³/mol. The van der Waals surface area contributed by atoms with Crippen molar-refractivity contribution in [3.8, 4) is 5.75 Å². The largest absolute Gasteiger partial charge is 0.494 e. The molecule has 5 rings (SSSR count). The number of nitrogens with one attached hydrogen (secondary N) is 2. The van der Waals surface area contributed by atoms with Crippen molar-refractivity contribution in [2.24, 2.45) is 0 Å². The Bertz CT molecular complexity index is 1420. The molecule has 9 nitrogen and oxygen atoms in total. The molecule has 0 unspecified atom stereocenters. The van der Waals surface area contributed by atoms with Gasteiger partial charge >= 0.3 is 6.03 Å². The molecule has 3 heterocycles. The van der Waals surface area contributed by atoms with Crippen molar-refractivity contribution in [1.82, 2.24) is 15.3 Å². The maximum absolute atomic E-state index is 13.1. The van der Waals surface area contributed by atoms with Gasteiger partial charge in [-0.15, -0.1) is 0 Å². The zero-order chi connectivity index (χ0) is 23.7. The molecule has 4 amide bonds. The number of furan rings is 1. The molecule has 2 aromatic heterocycles. The van der Waals surface area contributed by atoms with Gasteiger partial charge in [0.1, 0.15) is 17.1 Å². The van der Waals surface area contributed by atoms with Gasteiger partial charge in [0.25, 0.3) is 11.8 Å². The first-order valence-corrected chi connectivity index (χ1v) is 11.2. The summed E-state index contributed by atoms with van der Waals surface area (Å²) >= 11 is 1.28. The number of imidazole rings is 1. The molecule has 0 saturated carbocycles. The van der Waals surface area contributed by atoms with E-state index in [0.29, 0.717) is 22.6 Å². The number of imide groups is 2. The SMILES string of the molecule is CCOc1cccc(N2C(=O)NC(=O)/C(=C\c3ccc(Sc4nc5ccccc5[nH]4)o3)C2=O)c1. The Balaban J connectivity index is 1.39. The van der Waals surface area contributed by atoms with Gasteiger partial charge in [0.15, 0.2) is 10.2 Å². The quantitative estimate of drug-likeness (QED) is 0.315. The van der Waals surface area contributed by atoms with Crippen molar-refractivity contribution < 1.29 is 23.5 Å². The molecule has 0 spiro atoms. The Morgan fingerprint density at radius 3 is 2.76 bits per heavy atom. The highest BCUT2D eigenvalue weighted by molar-refractivity contribution is 7.99. The molecule has 10 heteroatoms. The van der Waals surface area contributed by atoms with Crippen LogP contribution in [0.25, 0.3) is 17.1 Å². The van der Waals surface area contributed by atoms with Crippen molar-refractivity contribution in [1.29, 1.82) is 0 Å². The Morgan fingerprint density at radius 2 is 1.94 bits per heavy atom. The summed E-state index contributed by atoms with van der Waals surface area (Å²) in [5.41, 5.74) is 1.80. The molecule has 1 fully saturated rings. The van der Waals surface area contributed by atoms with Crippen LogP contribution in [0.5, 0.6) is 5.75 Å². The van der Waals surface area contributed by atoms with Crippen molar-refractivity contribution in [3.63, 3.8) is 0 Å². The number of hydrogen-bond acceptors (Lipinski definition) is 7. The molecule has 1 aliphatic heterocycles. The Hall–Kier alpha value is -4.31. The van der Waals surface area contributed by atoms with Gasteiger partial charge in [0.05, 0.1) is 23.3 Å². The molecular formula is C24H18N4O5S. The van der Waals surface area contributed by atoms with Gasteiger partial charge in [-0.2, -0.15) is 0 Å². The van der Waals surface area contributed by atoms with E-state index in [0.717, 1.165) is 15.9 Å². The third-order valence-corrected chi connectivity index (χ3v) is 5.75. The van der Waals surface area contributed by atoms with Crippen LogP contribution in [0.3, 0.4) is 0 Å². The number of para-hydroxylation sites is 2. The number of barbiturate groups is 1. The fraction of sp³-hybridized carbons (Fsp3) is 0.0833. The second-order valence-corrected chi connectivity index (χ2v) is 8.20. The number of anilines is 1. The van der Waals surface area contributed by atoms with Crippen molar-refractivity contribution in [3.05, 3.63) is 72.0 Å². The van der Waals surface area contributed by atoms with E-state index in [1.807, 2.05) is 31.2 Å². The molecule has 1 saturated heterocycles. The lowest BCUT2D eigenvalue weighted by Gasteiger charge is -2.26. The van der Waals surface area contributed by atoms with Gasteiger partial charge in [-0.25, -0.2) is 14.7 Å². The number of benzene rings is 2. The smallest absolute Gasteiger partial charge is 0.335 e. The lowest BCUT2D eigenvalue weighted by molar-refractivity contribution is -0.122. The van der Waals surface area contributed by atoms with Gasteiger partial charge < -0.3 is 14.1 Å². The van der Waals surface area contributed by atoms with Crippen LogP contribution in [0.1, 0.15) is 12.7 Å². The normalized spacial score (nSPS) is 15.3. The summed E-state index contributed by atoms with van der Waals surface area (Å²) in [6.07, 6.45) is 1.31. The number of amides is 4. The van der Waals surface area contributed by atoms with Crippen molar-refractivity contribution in [2.45, 2.75) is 17.2 Å². The summed E-state index contributed by atoms with van der Waals surface area (Å²) in [6.45, 7) is 2.26. The summed E-state index contributed by atoms with van der Waals surface area (Å²) in [5, 5.41) is 3.36. The fourth-order valence-electron chi connectivity index (χ4n) is 3.45. The van der Waals surface area contributed by atoms with Crippen LogP contribution in [0.4, 0.5) is 10.5 Å². The number of urea groups is 1. The number of ether oxygens (including phenoxy) is 1. The lowest BCUT2D eigenvalue weighted by atomic mass is 10.1. The summed E-state index contributed by atoms with van der Waals surface area (Å²) < 4.78 is 11.2. The van der Waals surface area contributed by atoms with Gasteiger partial charge in [-0.3, -0.25) is 14.9 Å². The van der Waals surface area contributed by atoms with Crippen LogP contribution in [-0.4, -0.2) is 34.4 Å². The van der Waals surface area contributed by atoms with Gasteiger partial charge in [0.2, 0.25) is 0 Å². The zero-order valence-corrected chi connectivity index (χ0v) is 18.7. The van der Waals surface area contributed by atoms with Crippen LogP contribution in [0.15, 0.2) is 80.9 Å². The summed E-state index contributed by atoms with van der Waals surface area (Å²) in [4.78, 5) is 46.5. The minimum atomic E-state index is -0.832. The van der Waals surface area contributed by atoms with E-state index in [1.165, 1.54) is 17.8 Å². The van der Waals surface area contributed by atoms with Crippen LogP contribution < -0.4 is 15.0 Å². The molecule has 2 N–H and O–H groups in total. The molecule has 170 valence electrons. The predicted octanol–water partition coefficient (Wildman–Crippen LogP) is 4.37. The number of aromatic amines is 1. The lowest BCUT2D eigenvalue weighted by Crippen LogP contribution is -2.54. The summed E-state index contributed by atoms with van der Waals surface area (Å²) in [7, 11) is 0. The second kappa shape index (κ2) is 8.91. The molecule has 1 aliphatic rings. The first-order valence-electron chi connectivity index (χ1n) is 10.4. The molecule has 0 bridgehead atoms. The number of carbonyl (C=O) groups is 3. The van der Waals surface area contributed by atoms with Gasteiger partial charge in [-0.05, 0) is 61.2 Å². The molecule has 0 atom stereocenters. The van der Waals surface area contributed by atoms with Crippen molar-refractivity contribution in [2.75, 3.05) is 11.5 Å². The molecule has 4 aromatic rings. The van der Waals surface area contributed by atoms with Crippen LogP contribution >= 0.6 is 11.8 Å². The summed E-state index contributed by atoms with van der Waals surface area (Å²) in [6, 6.07) is 16.7. The highest BCUT2D eigenvalue weighted by Gasteiger charge is 2.37. The summed E-state index contributed by atoms with van der Waals surface area (Å²) in [5.74, 6) is -0.767. The number of nitrogens with zero attached hydrogens (tertiary/aromatic N) is 2. The zero-order valence-electron chi connectivity index (χ0n) is 17.9. The average molecular weight is 474 g/mol. The number of fused-ring (bicyclic) bond motifs is 1. The molecule has 0 aliphatic carbocycles. The third-order valence-electron chi connectivity index (χ3n) is 4.94. The average Bonchev–Trinajstić information content (AvgIpc) is 3.43. The number of rotatable bonds is 6. The standard InChI is InChI=1S/C24H18N4O5S/c1-2-32-15-7-5-6-14(12-15)28-22(30)17(21(29)27-24(28)31)13-16-10-11-20(33-16)34-23-25-18-8-3-4-9-19(18)26-23/h3-13H,2H2,1H3,(H,25,26)(H,27,29,31)/b17-13+. The molecular weight excluding hydrogens is 456 g/mol. The molecule has 2 aromatic carbocycles. The van der Waals surface area contributed by atoms with Crippen molar-refractivity contribution >= 4 is 52.4 Å².